The number of nitrogens with one attached hydrogen (secondary N) is 6. The maximum absolute atomic E-state index is 13.3. The van der Waals surface area contributed by atoms with Crippen LogP contribution < -0.4 is 31.9 Å². The Morgan fingerprint density at radius 1 is 0.219 bits per heavy atom. The Hall–Kier alpha value is -4.94. The van der Waals surface area contributed by atoms with E-state index in [1.165, 1.54) is 6.92 Å². The first-order valence-corrected chi connectivity index (χ1v) is 41.0. The van der Waals surface area contributed by atoms with Crippen molar-refractivity contribution in [2.45, 2.75) is 355 Å². The molecule has 56 nitrogen and oxygen atoms in total. The van der Waals surface area contributed by atoms with Crippen LogP contribution in [-0.2, 0) is 119 Å². The van der Waals surface area contributed by atoms with Crippen molar-refractivity contribution in [2.24, 2.45) is 0 Å². The molecule has 10 heterocycles. The van der Waals surface area contributed by atoms with Crippen molar-refractivity contribution in [2.75, 3.05) is 59.5 Å². The molecule has 50 atom stereocenters. The van der Waals surface area contributed by atoms with E-state index in [1.54, 1.807) is 0 Å². The molecule has 0 unspecified atom stereocenters. The van der Waals surface area contributed by atoms with Gasteiger partial charge in [0.15, 0.2) is 62.9 Å². The monoisotopic (exact) mass is 1870 g/mol. The van der Waals surface area contributed by atoms with Crippen LogP contribution >= 0.6 is 0 Å². The molecule has 56 heteroatoms. The summed E-state index contributed by atoms with van der Waals surface area (Å²) in [7, 11) is 0. The highest BCUT2D eigenvalue weighted by Gasteiger charge is 2.62. The molecule has 0 aromatic rings. The van der Waals surface area contributed by atoms with Crippen LogP contribution in [0.25, 0.3) is 0 Å². The number of ether oxygens (including phenoxy) is 19. The molecular formula is C72H120N6O50. The highest BCUT2D eigenvalue weighted by atomic mass is 16.8. The lowest BCUT2D eigenvalue weighted by molar-refractivity contribution is -0.398. The number of carbonyl (C=O) groups excluding carboxylic acids is 6. The van der Waals surface area contributed by atoms with Crippen molar-refractivity contribution < 1.29 is 246 Å². The quantitative estimate of drug-likeness (QED) is 0.0290. The molecule has 0 aromatic carbocycles. The van der Waals surface area contributed by atoms with Gasteiger partial charge in [-0.25, -0.2) is 0 Å². The van der Waals surface area contributed by atoms with Gasteiger partial charge in [0, 0.05) is 41.5 Å². The summed E-state index contributed by atoms with van der Waals surface area (Å²) >= 11 is 0. The molecule has 10 rings (SSSR count). The summed E-state index contributed by atoms with van der Waals surface area (Å²) in [4.78, 5) is 76.8. The summed E-state index contributed by atoms with van der Waals surface area (Å²) in [6.45, 7) is -2.88. The van der Waals surface area contributed by atoms with Gasteiger partial charge in [-0.1, -0.05) is 0 Å². The molecule has 31 N–H and O–H groups in total. The van der Waals surface area contributed by atoms with Crippen molar-refractivity contribution in [3.8, 4) is 0 Å². The molecule has 6 amide bonds. The summed E-state index contributed by atoms with van der Waals surface area (Å²) < 4.78 is 114. The fraction of sp³-hybridized carbons (Fsp3) is 0.917. The van der Waals surface area contributed by atoms with Gasteiger partial charge in [0.1, 0.15) is 238 Å². The van der Waals surface area contributed by atoms with Crippen LogP contribution in [0.1, 0.15) is 48.5 Å². The zero-order valence-corrected chi connectivity index (χ0v) is 69.6. The second-order valence-corrected chi connectivity index (χ2v) is 32.5. The van der Waals surface area contributed by atoms with E-state index in [1.807, 2.05) is 0 Å². The fourth-order valence-electron chi connectivity index (χ4n) is 16.6. The highest BCUT2D eigenvalue weighted by molar-refractivity contribution is 5.75. The van der Waals surface area contributed by atoms with Crippen LogP contribution in [0, 0.1) is 0 Å². The summed E-state index contributed by atoms with van der Waals surface area (Å²) in [5.41, 5.74) is 0. The van der Waals surface area contributed by atoms with Crippen molar-refractivity contribution >= 4 is 35.4 Å². The number of amides is 6. The zero-order valence-electron chi connectivity index (χ0n) is 69.6. The normalized spacial score (nSPS) is 47.8. The van der Waals surface area contributed by atoms with Crippen LogP contribution in [0.5, 0.6) is 0 Å². The van der Waals surface area contributed by atoms with Gasteiger partial charge in [0.25, 0.3) is 0 Å². The predicted octanol–water partition coefficient (Wildman–Crippen LogP) is -20.9. The maximum Gasteiger partial charge on any atom is 0.217 e. The lowest BCUT2D eigenvalue weighted by atomic mass is 9.93. The van der Waals surface area contributed by atoms with Crippen LogP contribution in [0.4, 0.5) is 0 Å². The molecule has 0 aromatic heterocycles. The Labute approximate surface area is 726 Å². The predicted molar refractivity (Wildman–Crippen MR) is 398 cm³/mol. The average molecular weight is 1870 g/mol. The first-order valence-electron chi connectivity index (χ1n) is 41.0. The number of hydrogen-bond donors (Lipinski definition) is 31. The Morgan fingerprint density at radius 3 is 0.852 bits per heavy atom. The second kappa shape index (κ2) is 46.1. The molecule has 10 aliphatic heterocycles. The number of hydrogen-bond acceptors (Lipinski definition) is 50. The number of aliphatic hydroxyl groups excluding tert-OH is 25. The molecule has 738 valence electrons. The van der Waals surface area contributed by atoms with Gasteiger partial charge in [-0.2, -0.15) is 0 Å². The lowest BCUT2D eigenvalue weighted by Gasteiger charge is -2.51. The minimum Gasteiger partial charge on any atom is -0.394 e. The lowest BCUT2D eigenvalue weighted by Crippen LogP contribution is -2.71. The molecule has 10 saturated heterocycles. The number of rotatable bonds is 33. The van der Waals surface area contributed by atoms with E-state index < -0.39 is 402 Å². The average Bonchev–Trinajstić information content (AvgIpc) is 0.760. The van der Waals surface area contributed by atoms with Crippen molar-refractivity contribution in [3.05, 3.63) is 0 Å². The molecule has 10 aliphatic rings. The Bertz CT molecular complexity index is 3550. The fourth-order valence-corrected chi connectivity index (χ4v) is 16.6. The molecule has 0 spiro atoms. The van der Waals surface area contributed by atoms with E-state index >= 15 is 0 Å². The first-order chi connectivity index (χ1) is 60.5. The minimum absolute atomic E-state index is 0.812. The third-order valence-electron chi connectivity index (χ3n) is 23.2. The molecular weight excluding hydrogens is 1750 g/mol. The van der Waals surface area contributed by atoms with E-state index in [0.29, 0.717) is 0 Å². The third kappa shape index (κ3) is 23.8. The summed E-state index contributed by atoms with van der Waals surface area (Å²) in [6.07, 6.45) is -90.9. The molecule has 0 saturated carbocycles. The summed E-state index contributed by atoms with van der Waals surface area (Å²) in [5.74, 6) is -5.41. The van der Waals surface area contributed by atoms with Crippen LogP contribution in [0.2, 0.25) is 0 Å². The second-order valence-electron chi connectivity index (χ2n) is 32.5. The Morgan fingerprint density at radius 2 is 0.484 bits per heavy atom. The zero-order chi connectivity index (χ0) is 94.4. The Kier molecular flexibility index (Phi) is 37.8. The van der Waals surface area contributed by atoms with E-state index in [9.17, 15) is 156 Å². The standard InChI is InChI=1S/C72H120N6O50/c1-17-39(92)51(104)54(107)69(112-17)110-16-32-59(47(100)33(63(109)113-32)73-18(2)86)124-66-36(76-21(5)89)50(103)58(30(14-85)118-66)125-70-55(108)60(126-72-62(53(106)43(96)27(11-82)117-72)128-68-38(78-23(7)91)49(102)57(29(13-84)120-68)123-65-35(75-20(4)88)46(99)41(94)25(9-80)115-65)44(97)31(121-70)15-111-71-61(52(105)42(95)26(10-81)116-71)127-67-37(77-22(6)90)48(101)56(28(12-83)119-67)122-64-34(74-19(3)87)45(98)40(93)24(8-79)114-64/h17,24-72,79-85,92-109H,8-16H2,1-7H3,(H,73,86)(H,74,87)(H,75,88)(H,76,89)(H,77,90)(H,78,91)/t17-,24+,25+,26+,27+,28+,29+,30+,31+,32+,33+,34+,35+,36+,37+,38+,39+,40-,41-,42+,43+,44+,45+,46+,47+,48+,49+,50+,51+,52-,53-,54-,55-,56+,57+,58+,59+,60-,61-,62-,63+,64-,65-,66-,67-,68-,69+,70-,71-,72+/m0/s1. The number of aliphatic hydroxyl groups is 25. The van der Waals surface area contributed by atoms with Gasteiger partial charge in [0.05, 0.1) is 65.6 Å². The van der Waals surface area contributed by atoms with Gasteiger partial charge in [-0.05, 0) is 6.92 Å². The maximum atomic E-state index is 13.3. The number of carbonyl (C=O) groups is 6. The van der Waals surface area contributed by atoms with Crippen molar-refractivity contribution in [1.29, 1.82) is 0 Å². The minimum atomic E-state index is -2.64. The van der Waals surface area contributed by atoms with Crippen LogP contribution in [0.15, 0.2) is 0 Å². The van der Waals surface area contributed by atoms with Crippen LogP contribution in [0.3, 0.4) is 0 Å². The summed E-state index contributed by atoms with van der Waals surface area (Å²) in [6, 6.07) is -11.1. The van der Waals surface area contributed by atoms with Gasteiger partial charge in [-0.3, -0.25) is 28.8 Å². The van der Waals surface area contributed by atoms with E-state index in [-0.39, 0.29) is 0 Å². The first kappa shape index (κ1) is 105. The van der Waals surface area contributed by atoms with E-state index in [2.05, 4.69) is 31.9 Å². The third-order valence-corrected chi connectivity index (χ3v) is 23.2. The topological polar surface area (TPSA) is 856 Å². The smallest absolute Gasteiger partial charge is 0.217 e. The SMILES string of the molecule is CC(=O)N[C@@H]1[C@@H](O)[C@H](O[C@@H]2O[C@H](CO)[C@@H](O[C@@H]3O[C@H](CO[C@H]4O[C@H](CO)[C@@H](O)[C@H](O)[C@@H]4O[C@@H]4O[C@H](CO)[C@@H](O[C@@H]5O[C@H](CO)[C@H](O)[C@H](O)[C@H]5NC(C)=O)[C@H](O)[C@H]4NC(C)=O)[C@@H](O)[C@H](O[C@H]4O[C@H](CO)[C@@H](O)[C@H](O)[C@@H]4O[C@@H]4O[C@H](CO)[C@@H](O[C@@H]5O[C@H](CO)[C@H](O)[C@H](O)[C@H]5NC(C)=O)[C@H](O)[C@H]4NC(C)=O)[C@@H]3O)[C@H](O)[C@H]2NC(C)=O)[C@@H](CO[C@@H]2O[C@@H](C)[C@@H](O)[C@@H](O)[C@@H]2O)O[C@H]1O. The Balaban J connectivity index is 0.993. The molecule has 0 aliphatic carbocycles. The molecule has 0 bridgehead atoms. The van der Waals surface area contributed by atoms with Gasteiger partial charge in [-0.15, -0.1) is 0 Å². The van der Waals surface area contributed by atoms with E-state index in [4.69, 9.17) is 90.0 Å². The van der Waals surface area contributed by atoms with E-state index in [0.717, 1.165) is 41.5 Å². The van der Waals surface area contributed by atoms with Crippen molar-refractivity contribution in [3.63, 3.8) is 0 Å². The van der Waals surface area contributed by atoms with Gasteiger partial charge < -0.3 is 250 Å². The van der Waals surface area contributed by atoms with Crippen LogP contribution in [-0.4, -0.2) is 529 Å². The molecule has 0 radical (unpaired) electrons. The molecule has 10 fully saturated rings. The summed E-state index contributed by atoms with van der Waals surface area (Å²) in [5, 5.41) is 297. The van der Waals surface area contributed by atoms with Gasteiger partial charge in [0.2, 0.25) is 35.4 Å². The highest BCUT2D eigenvalue weighted by Crippen LogP contribution is 2.41. The molecule has 128 heavy (non-hydrogen) atoms. The van der Waals surface area contributed by atoms with Crippen molar-refractivity contribution in [1.82, 2.24) is 31.9 Å². The largest absolute Gasteiger partial charge is 0.394 e. The van der Waals surface area contributed by atoms with Gasteiger partial charge >= 0.3 is 0 Å².